The first-order valence-corrected chi connectivity index (χ1v) is 7.45. The zero-order valence-electron chi connectivity index (χ0n) is 10.8. The number of halogens is 2. The Morgan fingerprint density at radius 2 is 1.75 bits per heavy atom. The van der Waals surface area contributed by atoms with Gasteiger partial charge in [-0.3, -0.25) is 4.21 Å². The lowest BCUT2D eigenvalue weighted by molar-refractivity contribution is 0.505. The molecule has 2 aromatic carbocycles. The third-order valence-corrected chi connectivity index (χ3v) is 4.73. The van der Waals surface area contributed by atoms with Crippen LogP contribution in [0, 0.1) is 11.6 Å². The molecule has 0 aliphatic carbocycles. The molecule has 0 spiro atoms. The number of hydrogen-bond donors (Lipinski definition) is 1. The Labute approximate surface area is 119 Å². The van der Waals surface area contributed by atoms with Gasteiger partial charge in [0.05, 0.1) is 16.0 Å². The second-order valence-corrected chi connectivity index (χ2v) is 5.99. The summed E-state index contributed by atoms with van der Waals surface area (Å²) in [7, 11) is -1.48. The molecule has 2 atom stereocenters. The van der Waals surface area contributed by atoms with Crippen molar-refractivity contribution < 1.29 is 13.0 Å². The molecule has 20 heavy (non-hydrogen) atoms. The Hall–Kier alpha value is -1.59. The van der Waals surface area contributed by atoms with Crippen LogP contribution in [0.3, 0.4) is 0 Å². The predicted octanol–water partition coefficient (Wildman–Crippen LogP) is 3.16. The summed E-state index contributed by atoms with van der Waals surface area (Å²) in [5.74, 6) is -1.93. The zero-order chi connectivity index (χ0) is 14.5. The van der Waals surface area contributed by atoms with E-state index in [1.807, 2.05) is 30.3 Å². The van der Waals surface area contributed by atoms with Gasteiger partial charge in [0, 0.05) is 4.90 Å². The molecule has 0 amide bonds. The van der Waals surface area contributed by atoms with E-state index in [1.165, 1.54) is 6.07 Å². The summed E-state index contributed by atoms with van der Waals surface area (Å²) in [4.78, 5) is 0.270. The van der Waals surface area contributed by atoms with Crippen LogP contribution >= 0.6 is 0 Å². The molecular formula is C15H15F2NOS. The van der Waals surface area contributed by atoms with E-state index in [4.69, 9.17) is 5.73 Å². The van der Waals surface area contributed by atoms with Gasteiger partial charge >= 0.3 is 0 Å². The summed E-state index contributed by atoms with van der Waals surface area (Å²) in [6.07, 6.45) is 0.510. The Morgan fingerprint density at radius 3 is 2.35 bits per heavy atom. The van der Waals surface area contributed by atoms with Crippen LogP contribution in [0.25, 0.3) is 0 Å². The smallest absolute Gasteiger partial charge is 0.160 e. The van der Waals surface area contributed by atoms with Gasteiger partial charge in [-0.1, -0.05) is 30.3 Å². The van der Waals surface area contributed by atoms with Crippen LogP contribution in [-0.2, 0) is 10.8 Å². The molecule has 0 bridgehead atoms. The van der Waals surface area contributed by atoms with Gasteiger partial charge in [0.1, 0.15) is 0 Å². The average molecular weight is 295 g/mol. The topological polar surface area (TPSA) is 43.1 Å². The Morgan fingerprint density at radius 1 is 1.05 bits per heavy atom. The quantitative estimate of drug-likeness (QED) is 0.920. The first-order chi connectivity index (χ1) is 9.63. The molecule has 5 heteroatoms. The van der Waals surface area contributed by atoms with Crippen LogP contribution in [0.15, 0.2) is 53.4 Å². The third-order valence-electron chi connectivity index (χ3n) is 2.98. The highest BCUT2D eigenvalue weighted by atomic mass is 32.2. The Balaban J connectivity index is 2.34. The summed E-state index contributed by atoms with van der Waals surface area (Å²) >= 11 is 0. The Kier molecular flexibility index (Phi) is 4.98. The van der Waals surface area contributed by atoms with Gasteiger partial charge in [-0.05, 0) is 36.7 Å². The van der Waals surface area contributed by atoms with E-state index >= 15 is 0 Å². The largest absolute Gasteiger partial charge is 0.330 e. The molecule has 0 aliphatic heterocycles. The first-order valence-electron chi connectivity index (χ1n) is 6.24. The summed E-state index contributed by atoms with van der Waals surface area (Å²) in [6, 6.07) is 12.6. The van der Waals surface area contributed by atoms with Crippen molar-refractivity contribution in [1.82, 2.24) is 0 Å². The van der Waals surface area contributed by atoms with Crippen LogP contribution in [-0.4, -0.2) is 10.8 Å². The fourth-order valence-corrected chi connectivity index (χ4v) is 3.49. The van der Waals surface area contributed by atoms with Gasteiger partial charge in [-0.25, -0.2) is 8.78 Å². The van der Waals surface area contributed by atoms with Gasteiger partial charge in [0.2, 0.25) is 0 Å². The standard InChI is InChI=1S/C15H15F2NOS/c16-13-7-6-12(10-14(13)17)20(19)15(8-9-18)11-4-2-1-3-5-11/h1-7,10,15H,8-9,18H2. The van der Waals surface area contributed by atoms with Crippen LogP contribution in [0.2, 0.25) is 0 Å². The summed E-state index contributed by atoms with van der Waals surface area (Å²) in [5.41, 5.74) is 6.44. The molecule has 2 rings (SSSR count). The third kappa shape index (κ3) is 3.29. The molecular weight excluding hydrogens is 280 g/mol. The zero-order valence-corrected chi connectivity index (χ0v) is 11.6. The number of hydrogen-bond acceptors (Lipinski definition) is 2. The SMILES string of the molecule is NCCC(c1ccccc1)S(=O)c1ccc(F)c(F)c1. The summed E-state index contributed by atoms with van der Waals surface area (Å²) in [5, 5.41) is -0.328. The van der Waals surface area contributed by atoms with Gasteiger partial charge < -0.3 is 5.73 Å². The van der Waals surface area contributed by atoms with E-state index in [1.54, 1.807) is 0 Å². The maximum Gasteiger partial charge on any atom is 0.160 e. The highest BCUT2D eigenvalue weighted by molar-refractivity contribution is 7.85. The molecule has 0 fully saturated rings. The van der Waals surface area contributed by atoms with E-state index in [9.17, 15) is 13.0 Å². The fourth-order valence-electron chi connectivity index (χ4n) is 1.98. The Bertz CT molecular complexity index is 604. The minimum atomic E-state index is -1.48. The van der Waals surface area contributed by atoms with Gasteiger partial charge in [0.15, 0.2) is 11.6 Å². The van der Waals surface area contributed by atoms with Crippen LogP contribution in [0.5, 0.6) is 0 Å². The second-order valence-electron chi connectivity index (χ2n) is 4.35. The molecule has 106 valence electrons. The molecule has 0 aliphatic rings. The maximum absolute atomic E-state index is 13.3. The van der Waals surface area contributed by atoms with Gasteiger partial charge in [-0.2, -0.15) is 0 Å². The van der Waals surface area contributed by atoms with E-state index < -0.39 is 22.4 Å². The van der Waals surface area contributed by atoms with Crippen LogP contribution in [0.4, 0.5) is 8.78 Å². The van der Waals surface area contributed by atoms with Crippen molar-refractivity contribution in [2.45, 2.75) is 16.6 Å². The van der Waals surface area contributed by atoms with E-state index in [0.29, 0.717) is 13.0 Å². The van der Waals surface area contributed by atoms with Crippen molar-refractivity contribution in [3.05, 3.63) is 65.7 Å². The monoisotopic (exact) mass is 295 g/mol. The number of benzene rings is 2. The highest BCUT2D eigenvalue weighted by Crippen LogP contribution is 2.28. The molecule has 2 nitrogen and oxygen atoms in total. The first kappa shape index (κ1) is 14.8. The lowest BCUT2D eigenvalue weighted by Crippen LogP contribution is -2.13. The molecule has 2 aromatic rings. The number of nitrogens with two attached hydrogens (primary N) is 1. The van der Waals surface area contributed by atoms with Crippen molar-refractivity contribution in [1.29, 1.82) is 0 Å². The predicted molar refractivity (Wildman–Crippen MR) is 75.6 cm³/mol. The molecule has 2 N–H and O–H groups in total. The lowest BCUT2D eigenvalue weighted by atomic mass is 10.1. The minimum Gasteiger partial charge on any atom is -0.330 e. The van der Waals surface area contributed by atoms with E-state index in [2.05, 4.69) is 0 Å². The lowest BCUT2D eigenvalue weighted by Gasteiger charge is -2.16. The normalized spacial score (nSPS) is 13.9. The van der Waals surface area contributed by atoms with Crippen molar-refractivity contribution >= 4 is 10.8 Å². The average Bonchev–Trinajstić information content (AvgIpc) is 2.48. The van der Waals surface area contributed by atoms with Crippen molar-refractivity contribution in [2.24, 2.45) is 5.73 Å². The van der Waals surface area contributed by atoms with E-state index in [0.717, 1.165) is 17.7 Å². The number of rotatable bonds is 5. The van der Waals surface area contributed by atoms with Gasteiger partial charge in [0.25, 0.3) is 0 Å². The molecule has 0 saturated carbocycles. The maximum atomic E-state index is 13.3. The molecule has 0 saturated heterocycles. The minimum absolute atomic E-state index is 0.270. The van der Waals surface area contributed by atoms with Crippen LogP contribution in [0.1, 0.15) is 17.2 Å². The van der Waals surface area contributed by atoms with Crippen molar-refractivity contribution in [2.75, 3.05) is 6.54 Å². The van der Waals surface area contributed by atoms with Crippen molar-refractivity contribution in [3.8, 4) is 0 Å². The fraction of sp³-hybridized carbons (Fsp3) is 0.200. The summed E-state index contributed by atoms with van der Waals surface area (Å²) < 4.78 is 38.8. The molecule has 0 heterocycles. The molecule has 0 aromatic heterocycles. The summed E-state index contributed by atoms with van der Waals surface area (Å²) in [6.45, 7) is 0.370. The van der Waals surface area contributed by atoms with Crippen molar-refractivity contribution in [3.63, 3.8) is 0 Å². The van der Waals surface area contributed by atoms with Gasteiger partial charge in [-0.15, -0.1) is 0 Å². The molecule has 0 radical (unpaired) electrons. The highest BCUT2D eigenvalue weighted by Gasteiger charge is 2.20. The van der Waals surface area contributed by atoms with E-state index in [-0.39, 0.29) is 10.1 Å². The second kappa shape index (κ2) is 6.72. The van der Waals surface area contributed by atoms with Crippen LogP contribution < -0.4 is 5.73 Å². The molecule has 2 unspecified atom stereocenters.